The van der Waals surface area contributed by atoms with Crippen LogP contribution in [0.3, 0.4) is 0 Å². The van der Waals surface area contributed by atoms with Crippen LogP contribution >= 0.6 is 0 Å². The minimum Gasteiger partial charge on any atom is -0.364 e. The van der Waals surface area contributed by atoms with E-state index in [0.717, 1.165) is 75.4 Å². The molecule has 1 amide bonds. The molecule has 1 aromatic heterocycles. The van der Waals surface area contributed by atoms with Crippen molar-refractivity contribution in [2.45, 2.75) is 84.3 Å². The van der Waals surface area contributed by atoms with Gasteiger partial charge in [0.05, 0.1) is 17.0 Å². The first-order valence-corrected chi connectivity index (χ1v) is 15.4. The maximum Gasteiger partial charge on any atom is 0.257 e. The molecule has 0 saturated carbocycles. The minimum absolute atomic E-state index is 0.0617. The van der Waals surface area contributed by atoms with Crippen LogP contribution in [0.2, 0.25) is 0 Å². The maximum absolute atomic E-state index is 13.3. The molecule has 2 aliphatic heterocycles. The summed E-state index contributed by atoms with van der Waals surface area (Å²) < 4.78 is 0. The molecule has 7 heteroatoms. The Morgan fingerprint density at radius 2 is 1.52 bits per heavy atom. The Balaban J connectivity index is 1.24. The zero-order valence-electron chi connectivity index (χ0n) is 25.8. The maximum atomic E-state index is 13.3. The summed E-state index contributed by atoms with van der Waals surface area (Å²) in [5.74, 6) is 0.173. The summed E-state index contributed by atoms with van der Waals surface area (Å²) in [5, 5.41) is 0. The summed E-state index contributed by atoms with van der Waals surface area (Å²) in [7, 11) is 0. The number of hydrogen-bond acceptors (Lipinski definition) is 6. The quantitative estimate of drug-likeness (QED) is 0.335. The van der Waals surface area contributed by atoms with Gasteiger partial charge in [-0.3, -0.25) is 14.5 Å². The number of likely N-dealkylation sites (tertiary alicyclic amines) is 2. The second-order valence-corrected chi connectivity index (χ2v) is 12.5. The monoisotopic (exact) mass is 567 g/mol. The predicted molar refractivity (Wildman–Crippen MR) is 168 cm³/mol. The van der Waals surface area contributed by atoms with E-state index in [2.05, 4.69) is 81.3 Å². The Hall–Kier alpha value is -3.58. The molecule has 0 spiro atoms. The average molecular weight is 568 g/mol. The highest BCUT2D eigenvalue weighted by atomic mass is 16.2. The number of anilines is 1. The van der Waals surface area contributed by atoms with Crippen molar-refractivity contribution in [2.75, 3.05) is 31.1 Å². The number of ketones is 1. The smallest absolute Gasteiger partial charge is 0.257 e. The Morgan fingerprint density at radius 3 is 2.10 bits per heavy atom. The van der Waals surface area contributed by atoms with Crippen molar-refractivity contribution in [1.82, 2.24) is 19.8 Å². The average Bonchev–Trinajstić information content (AvgIpc) is 3.00. The summed E-state index contributed by atoms with van der Waals surface area (Å²) in [6, 6.07) is 19.8. The Bertz CT molecular complexity index is 1350. The number of benzene rings is 2. The fourth-order valence-corrected chi connectivity index (χ4v) is 6.69. The van der Waals surface area contributed by atoms with Crippen molar-refractivity contribution in [3.05, 3.63) is 89.0 Å². The number of piperidine rings is 2. The van der Waals surface area contributed by atoms with Gasteiger partial charge in [0, 0.05) is 55.9 Å². The zero-order valence-corrected chi connectivity index (χ0v) is 25.8. The number of hydrogen-bond donors (Lipinski definition) is 0. The SMILES string of the molecule is CC(=O)[C@@H](C)c1ccc(N(Cc2ccccc2)C2CCN(C3(C)CCN(C(=O)c4c(C)ncnc4C)CC3)CC2)cc1. The lowest BCUT2D eigenvalue weighted by Gasteiger charge is -2.50. The van der Waals surface area contributed by atoms with E-state index in [-0.39, 0.29) is 23.1 Å². The third kappa shape index (κ3) is 6.41. The first-order chi connectivity index (χ1) is 20.2. The van der Waals surface area contributed by atoms with Crippen molar-refractivity contribution >= 4 is 17.4 Å². The fourth-order valence-electron chi connectivity index (χ4n) is 6.69. The van der Waals surface area contributed by atoms with E-state index in [9.17, 15) is 9.59 Å². The molecule has 0 aliphatic carbocycles. The van der Waals surface area contributed by atoms with Gasteiger partial charge in [-0.1, -0.05) is 49.4 Å². The molecule has 0 N–H and O–H groups in total. The van der Waals surface area contributed by atoms with Crippen LogP contribution in [0.1, 0.15) is 85.2 Å². The van der Waals surface area contributed by atoms with Gasteiger partial charge >= 0.3 is 0 Å². The topological polar surface area (TPSA) is 69.6 Å². The summed E-state index contributed by atoms with van der Waals surface area (Å²) in [4.78, 5) is 41.0. The molecule has 2 aliphatic rings. The second kappa shape index (κ2) is 12.7. The highest BCUT2D eigenvalue weighted by molar-refractivity contribution is 5.96. The second-order valence-electron chi connectivity index (χ2n) is 12.5. The lowest BCUT2D eigenvalue weighted by atomic mass is 9.85. The first-order valence-electron chi connectivity index (χ1n) is 15.4. The van der Waals surface area contributed by atoms with E-state index in [1.807, 2.05) is 25.7 Å². The van der Waals surface area contributed by atoms with Crippen LogP contribution in [0.4, 0.5) is 5.69 Å². The summed E-state index contributed by atoms with van der Waals surface area (Å²) in [6.07, 6.45) is 5.66. The molecule has 3 aromatic rings. The van der Waals surface area contributed by atoms with E-state index < -0.39 is 0 Å². The molecule has 5 rings (SSSR count). The van der Waals surface area contributed by atoms with Crippen molar-refractivity contribution in [1.29, 1.82) is 0 Å². The lowest BCUT2D eigenvalue weighted by molar-refractivity contribution is -0.118. The molecule has 2 aromatic carbocycles. The Morgan fingerprint density at radius 1 is 0.929 bits per heavy atom. The highest BCUT2D eigenvalue weighted by Crippen LogP contribution is 2.34. The van der Waals surface area contributed by atoms with Crippen LogP contribution in [-0.2, 0) is 11.3 Å². The molecule has 3 heterocycles. The molecule has 0 radical (unpaired) electrons. The molecule has 7 nitrogen and oxygen atoms in total. The van der Waals surface area contributed by atoms with Crippen LogP contribution in [0.15, 0.2) is 60.9 Å². The van der Waals surface area contributed by atoms with Gasteiger partial charge in [-0.25, -0.2) is 9.97 Å². The number of nitrogens with zero attached hydrogens (tertiary/aromatic N) is 5. The van der Waals surface area contributed by atoms with Gasteiger partial charge in [-0.2, -0.15) is 0 Å². The van der Waals surface area contributed by atoms with Gasteiger partial charge in [-0.05, 0) is 76.6 Å². The number of Topliss-reactive ketones (excluding diaryl/α,β-unsaturated/α-hetero) is 1. The highest BCUT2D eigenvalue weighted by Gasteiger charge is 2.39. The van der Waals surface area contributed by atoms with Crippen LogP contribution in [0.25, 0.3) is 0 Å². The van der Waals surface area contributed by atoms with E-state index in [0.29, 0.717) is 11.6 Å². The molecule has 42 heavy (non-hydrogen) atoms. The molecular formula is C35H45N5O2. The minimum atomic E-state index is -0.0820. The molecule has 2 saturated heterocycles. The number of aromatic nitrogens is 2. The van der Waals surface area contributed by atoms with Crippen molar-refractivity contribution in [2.24, 2.45) is 0 Å². The van der Waals surface area contributed by atoms with Gasteiger partial charge in [-0.15, -0.1) is 0 Å². The number of rotatable bonds is 8. The largest absolute Gasteiger partial charge is 0.364 e. The van der Waals surface area contributed by atoms with E-state index in [1.165, 1.54) is 17.6 Å². The first kappa shape index (κ1) is 29.9. The fraction of sp³-hybridized carbons (Fsp3) is 0.486. The molecule has 222 valence electrons. The molecular weight excluding hydrogens is 522 g/mol. The number of amides is 1. The van der Waals surface area contributed by atoms with E-state index in [1.54, 1.807) is 6.92 Å². The van der Waals surface area contributed by atoms with Gasteiger partial charge in [0.2, 0.25) is 0 Å². The van der Waals surface area contributed by atoms with Crippen molar-refractivity contribution in [3.8, 4) is 0 Å². The molecule has 0 bridgehead atoms. The van der Waals surface area contributed by atoms with Crippen LogP contribution in [0.5, 0.6) is 0 Å². The van der Waals surface area contributed by atoms with Gasteiger partial charge in [0.15, 0.2) is 0 Å². The number of carbonyl (C=O) groups is 2. The predicted octanol–water partition coefficient (Wildman–Crippen LogP) is 5.95. The summed E-state index contributed by atoms with van der Waals surface area (Å²) in [6.45, 7) is 14.3. The van der Waals surface area contributed by atoms with Gasteiger partial charge in [0.1, 0.15) is 12.1 Å². The molecule has 2 fully saturated rings. The third-order valence-electron chi connectivity index (χ3n) is 9.77. The summed E-state index contributed by atoms with van der Waals surface area (Å²) >= 11 is 0. The van der Waals surface area contributed by atoms with Gasteiger partial charge < -0.3 is 9.80 Å². The Kier molecular flexibility index (Phi) is 9.07. The standard InChI is InChI=1S/C35H45N5O2/c1-25(28(4)41)30-11-13-31(14-12-30)40(23-29-9-7-6-8-10-29)32-15-19-39(20-16-32)35(5)17-21-38(22-18-35)34(42)33-26(2)36-24-37-27(33)3/h6-14,24-25,32H,15-23H2,1-5H3/t25-/m1/s1. The van der Waals surface area contributed by atoms with Crippen LogP contribution in [-0.4, -0.2) is 69.2 Å². The zero-order chi connectivity index (χ0) is 29.9. The van der Waals surface area contributed by atoms with Crippen LogP contribution < -0.4 is 4.90 Å². The van der Waals surface area contributed by atoms with Gasteiger partial charge in [0.25, 0.3) is 5.91 Å². The van der Waals surface area contributed by atoms with Crippen molar-refractivity contribution < 1.29 is 9.59 Å². The normalized spacial score (nSPS) is 18.5. The van der Waals surface area contributed by atoms with Crippen LogP contribution in [0, 0.1) is 13.8 Å². The number of carbonyl (C=O) groups excluding carboxylic acids is 2. The molecule has 1 atom stereocenters. The lowest BCUT2D eigenvalue weighted by Crippen LogP contribution is -2.58. The Labute approximate surface area is 251 Å². The third-order valence-corrected chi connectivity index (χ3v) is 9.77. The summed E-state index contributed by atoms with van der Waals surface area (Å²) in [5.41, 5.74) is 5.85. The van der Waals surface area contributed by atoms with E-state index in [4.69, 9.17) is 0 Å². The van der Waals surface area contributed by atoms with E-state index >= 15 is 0 Å². The van der Waals surface area contributed by atoms with Crippen molar-refractivity contribution in [3.63, 3.8) is 0 Å². The number of aryl methyl sites for hydroxylation is 2. The molecule has 0 unspecified atom stereocenters.